The molecule has 1 fully saturated rings. The Morgan fingerprint density at radius 1 is 1.50 bits per heavy atom. The number of nitrogen functional groups attached to an aromatic ring is 1. The van der Waals surface area contributed by atoms with E-state index in [4.69, 9.17) is 5.73 Å². The standard InChI is InChI=1S/C14H20N6O2S2/c1-19-7-4-16-12(19)11(22)9-2-5-20(6-3-9)10(21)8-23-14-18-17-13(15)24-14/h4,7,9,11,22H,2-3,5-6,8H2,1H3,(H2,15,17)/t11-/m0/s1. The average molecular weight is 368 g/mol. The third kappa shape index (κ3) is 3.87. The van der Waals surface area contributed by atoms with Gasteiger partial charge in [0.05, 0.1) is 5.75 Å². The highest BCUT2D eigenvalue weighted by Crippen LogP contribution is 2.30. The van der Waals surface area contributed by atoms with Gasteiger partial charge in [0.2, 0.25) is 11.0 Å². The number of piperidine rings is 1. The van der Waals surface area contributed by atoms with E-state index in [1.807, 2.05) is 22.7 Å². The van der Waals surface area contributed by atoms with Gasteiger partial charge in [0, 0.05) is 32.5 Å². The summed E-state index contributed by atoms with van der Waals surface area (Å²) in [5.41, 5.74) is 5.53. The quantitative estimate of drug-likeness (QED) is 0.755. The van der Waals surface area contributed by atoms with E-state index >= 15 is 0 Å². The number of aryl methyl sites for hydroxylation is 1. The second-order valence-electron chi connectivity index (χ2n) is 5.75. The fourth-order valence-corrected chi connectivity index (χ4v) is 4.37. The van der Waals surface area contributed by atoms with Gasteiger partial charge in [-0.2, -0.15) is 0 Å². The second kappa shape index (κ2) is 7.49. The molecule has 3 rings (SSSR count). The van der Waals surface area contributed by atoms with Gasteiger partial charge in [-0.15, -0.1) is 10.2 Å². The first-order valence-corrected chi connectivity index (χ1v) is 9.49. The third-order valence-electron chi connectivity index (χ3n) is 4.20. The van der Waals surface area contributed by atoms with Gasteiger partial charge < -0.3 is 20.3 Å². The summed E-state index contributed by atoms with van der Waals surface area (Å²) < 4.78 is 2.55. The van der Waals surface area contributed by atoms with Crippen LogP contribution in [0.2, 0.25) is 0 Å². The predicted molar refractivity (Wildman–Crippen MR) is 92.5 cm³/mol. The first-order chi connectivity index (χ1) is 11.5. The molecule has 0 saturated carbocycles. The van der Waals surface area contributed by atoms with Gasteiger partial charge in [0.15, 0.2) is 4.34 Å². The lowest BCUT2D eigenvalue weighted by Gasteiger charge is -2.34. The van der Waals surface area contributed by atoms with Crippen LogP contribution in [0.25, 0.3) is 0 Å². The number of anilines is 1. The van der Waals surface area contributed by atoms with Crippen molar-refractivity contribution in [1.82, 2.24) is 24.6 Å². The number of carbonyl (C=O) groups is 1. The summed E-state index contributed by atoms with van der Waals surface area (Å²) in [6, 6.07) is 0. The van der Waals surface area contributed by atoms with Crippen LogP contribution in [0.1, 0.15) is 24.8 Å². The Balaban J connectivity index is 1.47. The average Bonchev–Trinajstić information content (AvgIpc) is 3.20. The zero-order valence-electron chi connectivity index (χ0n) is 13.3. The maximum absolute atomic E-state index is 12.3. The molecule has 24 heavy (non-hydrogen) atoms. The molecule has 8 nitrogen and oxygen atoms in total. The number of rotatable bonds is 5. The molecule has 1 aliphatic rings. The molecule has 0 radical (unpaired) electrons. The van der Waals surface area contributed by atoms with Crippen molar-refractivity contribution in [3.05, 3.63) is 18.2 Å². The van der Waals surface area contributed by atoms with Crippen LogP contribution in [-0.4, -0.2) is 54.5 Å². The maximum atomic E-state index is 12.3. The summed E-state index contributed by atoms with van der Waals surface area (Å²) >= 11 is 2.65. The van der Waals surface area contributed by atoms with E-state index in [0.717, 1.165) is 12.8 Å². The normalized spacial score (nSPS) is 17.2. The Labute approximate surface area is 148 Å². The minimum Gasteiger partial charge on any atom is -0.385 e. The number of hydrogen-bond donors (Lipinski definition) is 2. The molecule has 2 aromatic heterocycles. The summed E-state index contributed by atoms with van der Waals surface area (Å²) in [6.07, 6.45) is 4.48. The minimum atomic E-state index is -0.582. The SMILES string of the molecule is Cn1ccnc1[C@@H](O)C1CCN(C(=O)CSc2nnc(N)s2)CC1. The number of hydrogen-bond acceptors (Lipinski definition) is 8. The van der Waals surface area contributed by atoms with Crippen molar-refractivity contribution in [2.75, 3.05) is 24.6 Å². The fourth-order valence-electron chi connectivity index (χ4n) is 2.83. The van der Waals surface area contributed by atoms with Gasteiger partial charge in [-0.25, -0.2) is 4.98 Å². The highest BCUT2D eigenvalue weighted by Gasteiger charge is 2.30. The van der Waals surface area contributed by atoms with E-state index in [1.54, 1.807) is 6.20 Å². The lowest BCUT2D eigenvalue weighted by molar-refractivity contribution is -0.130. The Hall–Kier alpha value is -1.65. The lowest BCUT2D eigenvalue weighted by atomic mass is 9.90. The van der Waals surface area contributed by atoms with Gasteiger partial charge in [-0.05, 0) is 18.8 Å². The number of nitrogens with zero attached hydrogens (tertiary/aromatic N) is 5. The van der Waals surface area contributed by atoms with Gasteiger partial charge in [-0.1, -0.05) is 23.1 Å². The summed E-state index contributed by atoms with van der Waals surface area (Å²) in [4.78, 5) is 18.4. The molecule has 130 valence electrons. The van der Waals surface area contributed by atoms with Gasteiger partial charge in [0.1, 0.15) is 11.9 Å². The molecular formula is C14H20N6O2S2. The molecule has 1 aliphatic heterocycles. The van der Waals surface area contributed by atoms with E-state index in [-0.39, 0.29) is 11.8 Å². The molecule has 1 saturated heterocycles. The molecule has 0 aliphatic carbocycles. The number of aliphatic hydroxyl groups excluding tert-OH is 1. The van der Waals surface area contributed by atoms with Crippen LogP contribution in [0.3, 0.4) is 0 Å². The van der Waals surface area contributed by atoms with Crippen LogP contribution in [-0.2, 0) is 11.8 Å². The van der Waals surface area contributed by atoms with Crippen LogP contribution in [0.15, 0.2) is 16.7 Å². The van der Waals surface area contributed by atoms with Crippen molar-refractivity contribution < 1.29 is 9.90 Å². The number of aromatic nitrogens is 4. The molecule has 2 aromatic rings. The number of nitrogens with two attached hydrogens (primary N) is 1. The maximum Gasteiger partial charge on any atom is 0.233 e. The molecule has 0 bridgehead atoms. The van der Waals surface area contributed by atoms with E-state index in [2.05, 4.69) is 15.2 Å². The Morgan fingerprint density at radius 3 is 2.83 bits per heavy atom. The topological polar surface area (TPSA) is 110 Å². The Kier molecular flexibility index (Phi) is 5.36. The van der Waals surface area contributed by atoms with Crippen molar-refractivity contribution in [2.45, 2.75) is 23.3 Å². The Bertz CT molecular complexity index is 695. The van der Waals surface area contributed by atoms with E-state index < -0.39 is 6.10 Å². The van der Waals surface area contributed by atoms with Crippen molar-refractivity contribution in [3.8, 4) is 0 Å². The van der Waals surface area contributed by atoms with Gasteiger partial charge in [-0.3, -0.25) is 4.79 Å². The zero-order chi connectivity index (χ0) is 17.1. The number of aliphatic hydroxyl groups is 1. The molecule has 3 heterocycles. The number of imidazole rings is 1. The summed E-state index contributed by atoms with van der Waals surface area (Å²) in [5, 5.41) is 18.5. The van der Waals surface area contributed by atoms with E-state index in [9.17, 15) is 9.90 Å². The monoisotopic (exact) mass is 368 g/mol. The van der Waals surface area contributed by atoms with Crippen molar-refractivity contribution in [3.63, 3.8) is 0 Å². The highest BCUT2D eigenvalue weighted by atomic mass is 32.2. The summed E-state index contributed by atoms with van der Waals surface area (Å²) in [5.74, 6) is 1.23. The molecular weight excluding hydrogens is 348 g/mol. The first-order valence-electron chi connectivity index (χ1n) is 7.69. The highest BCUT2D eigenvalue weighted by molar-refractivity contribution is 8.01. The van der Waals surface area contributed by atoms with Crippen molar-refractivity contribution >= 4 is 34.1 Å². The molecule has 3 N–H and O–H groups in total. The first kappa shape index (κ1) is 17.2. The third-order valence-corrected chi connectivity index (χ3v) is 6.07. The van der Waals surface area contributed by atoms with Crippen LogP contribution in [0.4, 0.5) is 5.13 Å². The number of amides is 1. The van der Waals surface area contributed by atoms with Gasteiger partial charge >= 0.3 is 0 Å². The lowest BCUT2D eigenvalue weighted by Crippen LogP contribution is -2.40. The molecule has 0 aromatic carbocycles. The van der Waals surface area contributed by atoms with Gasteiger partial charge in [0.25, 0.3) is 0 Å². The smallest absolute Gasteiger partial charge is 0.233 e. The number of thioether (sulfide) groups is 1. The largest absolute Gasteiger partial charge is 0.385 e. The number of likely N-dealkylation sites (tertiary alicyclic amines) is 1. The minimum absolute atomic E-state index is 0.0821. The molecule has 0 unspecified atom stereocenters. The van der Waals surface area contributed by atoms with Crippen molar-refractivity contribution in [2.24, 2.45) is 13.0 Å². The second-order valence-corrected chi connectivity index (χ2v) is 7.99. The Morgan fingerprint density at radius 2 is 2.25 bits per heavy atom. The van der Waals surface area contributed by atoms with Crippen LogP contribution in [0.5, 0.6) is 0 Å². The molecule has 1 amide bonds. The number of carbonyl (C=O) groups excluding carboxylic acids is 1. The van der Waals surface area contributed by atoms with Crippen molar-refractivity contribution in [1.29, 1.82) is 0 Å². The van der Waals surface area contributed by atoms with Crippen LogP contribution in [0, 0.1) is 5.92 Å². The van der Waals surface area contributed by atoms with Crippen LogP contribution >= 0.6 is 23.1 Å². The summed E-state index contributed by atoms with van der Waals surface area (Å²) in [7, 11) is 1.88. The zero-order valence-corrected chi connectivity index (χ0v) is 15.0. The molecule has 0 spiro atoms. The molecule has 10 heteroatoms. The molecule has 1 atom stereocenters. The fraction of sp³-hybridized carbons (Fsp3) is 0.571. The van der Waals surface area contributed by atoms with E-state index in [1.165, 1.54) is 23.1 Å². The predicted octanol–water partition coefficient (Wildman–Crippen LogP) is 0.918. The van der Waals surface area contributed by atoms with Crippen LogP contribution < -0.4 is 5.73 Å². The summed E-state index contributed by atoms with van der Waals surface area (Å²) in [6.45, 7) is 1.31. The van der Waals surface area contributed by atoms with E-state index in [0.29, 0.717) is 34.1 Å².